The first kappa shape index (κ1) is 16.4. The molecule has 1 atom stereocenters. The number of hydrogen-bond donors (Lipinski definition) is 1. The Kier molecular flexibility index (Phi) is 4.47. The maximum Gasteiger partial charge on any atom is 0.335 e. The lowest BCUT2D eigenvalue weighted by Gasteiger charge is -2.35. The minimum Gasteiger partial charge on any atom is -0.487 e. The molecule has 0 radical (unpaired) electrons. The third kappa shape index (κ3) is 3.37. The first-order valence-electron chi connectivity index (χ1n) is 8.32. The summed E-state index contributed by atoms with van der Waals surface area (Å²) in [7, 11) is 0. The van der Waals surface area contributed by atoms with E-state index >= 15 is 0 Å². The van der Waals surface area contributed by atoms with Crippen LogP contribution in [0.1, 0.15) is 48.2 Å². The first-order valence-corrected chi connectivity index (χ1v) is 8.32. The molecule has 0 spiro atoms. The molecule has 1 N–H and O–H groups in total. The zero-order chi connectivity index (χ0) is 17.3. The molecule has 4 heteroatoms. The summed E-state index contributed by atoms with van der Waals surface area (Å²) in [6.45, 7) is 7.86. The lowest BCUT2D eigenvalue weighted by molar-refractivity contribution is 0.0696. The van der Waals surface area contributed by atoms with Gasteiger partial charge < -0.3 is 14.7 Å². The van der Waals surface area contributed by atoms with E-state index in [-0.39, 0.29) is 6.10 Å². The van der Waals surface area contributed by atoms with Gasteiger partial charge in [-0.2, -0.15) is 0 Å². The van der Waals surface area contributed by atoms with Crippen molar-refractivity contribution >= 4 is 11.7 Å². The van der Waals surface area contributed by atoms with E-state index in [4.69, 9.17) is 4.74 Å². The fraction of sp³-hybridized carbons (Fsp3) is 0.350. The SMILES string of the molecule is CC1CN(Cc2cccc(C(=O)O)c2)c2cc(C(C)C)ccc2O1. The van der Waals surface area contributed by atoms with Crippen LogP contribution in [0, 0.1) is 0 Å². The first-order chi connectivity index (χ1) is 11.4. The van der Waals surface area contributed by atoms with Crippen LogP contribution in [0.5, 0.6) is 5.75 Å². The molecule has 0 aromatic heterocycles. The highest BCUT2D eigenvalue weighted by Crippen LogP contribution is 2.36. The van der Waals surface area contributed by atoms with Gasteiger partial charge in [0.1, 0.15) is 11.9 Å². The Balaban J connectivity index is 1.93. The number of aromatic carboxylic acids is 1. The summed E-state index contributed by atoms with van der Waals surface area (Å²) < 4.78 is 5.96. The zero-order valence-corrected chi connectivity index (χ0v) is 14.3. The van der Waals surface area contributed by atoms with Crippen LogP contribution in [0.2, 0.25) is 0 Å². The minimum absolute atomic E-state index is 0.102. The quantitative estimate of drug-likeness (QED) is 0.911. The lowest BCUT2D eigenvalue weighted by Crippen LogP contribution is -2.38. The average Bonchev–Trinajstić information content (AvgIpc) is 2.54. The van der Waals surface area contributed by atoms with Gasteiger partial charge in [-0.15, -0.1) is 0 Å². The molecule has 1 aliphatic heterocycles. The number of fused-ring (bicyclic) bond motifs is 1. The van der Waals surface area contributed by atoms with E-state index in [0.29, 0.717) is 18.0 Å². The summed E-state index contributed by atoms with van der Waals surface area (Å²) >= 11 is 0. The van der Waals surface area contributed by atoms with E-state index in [9.17, 15) is 9.90 Å². The van der Waals surface area contributed by atoms with Gasteiger partial charge in [0, 0.05) is 6.54 Å². The number of ether oxygens (including phenoxy) is 1. The standard InChI is InChI=1S/C20H23NO3/c1-13(2)16-7-8-19-18(10-16)21(11-14(3)24-19)12-15-5-4-6-17(9-15)20(22)23/h4-10,13-14H,11-12H2,1-3H3,(H,22,23). The van der Waals surface area contributed by atoms with Crippen molar-refractivity contribution in [3.63, 3.8) is 0 Å². The maximum atomic E-state index is 11.2. The van der Waals surface area contributed by atoms with Crippen molar-refractivity contribution in [3.8, 4) is 5.75 Å². The molecule has 0 aliphatic carbocycles. The molecular formula is C20H23NO3. The minimum atomic E-state index is -0.894. The van der Waals surface area contributed by atoms with E-state index in [1.54, 1.807) is 18.2 Å². The maximum absolute atomic E-state index is 11.2. The summed E-state index contributed by atoms with van der Waals surface area (Å²) in [5.74, 6) is 0.453. The van der Waals surface area contributed by atoms with Crippen LogP contribution in [0.25, 0.3) is 0 Å². The Bertz CT molecular complexity index is 754. The van der Waals surface area contributed by atoms with Crippen LogP contribution in [0.4, 0.5) is 5.69 Å². The summed E-state index contributed by atoms with van der Waals surface area (Å²) in [5.41, 5.74) is 3.67. The van der Waals surface area contributed by atoms with Gasteiger partial charge in [0.05, 0.1) is 17.8 Å². The predicted octanol–water partition coefficient (Wildman–Crippen LogP) is 4.30. The molecule has 2 aromatic carbocycles. The van der Waals surface area contributed by atoms with Gasteiger partial charge in [0.25, 0.3) is 0 Å². The van der Waals surface area contributed by atoms with E-state index in [0.717, 1.165) is 23.5 Å². The second-order valence-electron chi connectivity index (χ2n) is 6.70. The third-order valence-corrected chi connectivity index (χ3v) is 4.34. The fourth-order valence-corrected chi connectivity index (χ4v) is 3.08. The number of carboxylic acid groups (broad SMARTS) is 1. The summed E-state index contributed by atoms with van der Waals surface area (Å²) in [5, 5.41) is 9.18. The number of benzene rings is 2. The van der Waals surface area contributed by atoms with E-state index < -0.39 is 5.97 Å². The van der Waals surface area contributed by atoms with E-state index in [2.05, 4.69) is 37.8 Å². The molecule has 1 heterocycles. The molecule has 3 rings (SSSR count). The zero-order valence-electron chi connectivity index (χ0n) is 14.3. The molecular weight excluding hydrogens is 302 g/mol. The molecule has 24 heavy (non-hydrogen) atoms. The van der Waals surface area contributed by atoms with Crippen molar-refractivity contribution in [2.75, 3.05) is 11.4 Å². The predicted molar refractivity (Wildman–Crippen MR) is 95.1 cm³/mol. The Hall–Kier alpha value is -2.49. The lowest BCUT2D eigenvalue weighted by atomic mass is 10.0. The van der Waals surface area contributed by atoms with Crippen LogP contribution in [0.15, 0.2) is 42.5 Å². The Morgan fingerprint density at radius 3 is 2.79 bits per heavy atom. The fourth-order valence-electron chi connectivity index (χ4n) is 3.08. The van der Waals surface area contributed by atoms with Crippen molar-refractivity contribution in [2.45, 2.75) is 39.3 Å². The van der Waals surface area contributed by atoms with Crippen LogP contribution in [-0.2, 0) is 6.54 Å². The summed E-state index contributed by atoms with van der Waals surface area (Å²) in [6.07, 6.45) is 0.102. The van der Waals surface area contributed by atoms with Gasteiger partial charge in [-0.3, -0.25) is 0 Å². The summed E-state index contributed by atoms with van der Waals surface area (Å²) in [4.78, 5) is 13.5. The monoisotopic (exact) mass is 325 g/mol. The van der Waals surface area contributed by atoms with Gasteiger partial charge >= 0.3 is 5.97 Å². The van der Waals surface area contributed by atoms with Gasteiger partial charge in [0.2, 0.25) is 0 Å². The topological polar surface area (TPSA) is 49.8 Å². The van der Waals surface area contributed by atoms with Crippen LogP contribution in [0.3, 0.4) is 0 Å². The van der Waals surface area contributed by atoms with E-state index in [1.807, 2.05) is 12.1 Å². The second kappa shape index (κ2) is 6.56. The van der Waals surface area contributed by atoms with Crippen molar-refractivity contribution in [3.05, 3.63) is 59.2 Å². The van der Waals surface area contributed by atoms with Crippen molar-refractivity contribution in [2.24, 2.45) is 0 Å². The normalized spacial score (nSPS) is 16.7. The molecule has 1 aliphatic rings. The molecule has 1 unspecified atom stereocenters. The number of carbonyl (C=O) groups is 1. The highest BCUT2D eigenvalue weighted by Gasteiger charge is 2.24. The van der Waals surface area contributed by atoms with Crippen LogP contribution < -0.4 is 9.64 Å². The Morgan fingerprint density at radius 1 is 1.29 bits per heavy atom. The number of hydrogen-bond acceptors (Lipinski definition) is 3. The molecule has 0 bridgehead atoms. The summed E-state index contributed by atoms with van der Waals surface area (Å²) in [6, 6.07) is 13.5. The van der Waals surface area contributed by atoms with Gasteiger partial charge in [-0.25, -0.2) is 4.79 Å². The second-order valence-corrected chi connectivity index (χ2v) is 6.70. The van der Waals surface area contributed by atoms with Gasteiger partial charge in [-0.05, 0) is 48.2 Å². The van der Waals surface area contributed by atoms with Crippen molar-refractivity contribution in [1.82, 2.24) is 0 Å². The third-order valence-electron chi connectivity index (χ3n) is 4.34. The molecule has 0 saturated heterocycles. The number of carboxylic acids is 1. The smallest absolute Gasteiger partial charge is 0.335 e. The molecule has 4 nitrogen and oxygen atoms in total. The Morgan fingerprint density at radius 2 is 2.08 bits per heavy atom. The molecule has 0 fully saturated rings. The highest BCUT2D eigenvalue weighted by atomic mass is 16.5. The molecule has 126 valence electrons. The average molecular weight is 325 g/mol. The number of anilines is 1. The Labute approximate surface area is 142 Å². The molecule has 0 saturated carbocycles. The van der Waals surface area contributed by atoms with Crippen molar-refractivity contribution < 1.29 is 14.6 Å². The largest absolute Gasteiger partial charge is 0.487 e. The number of rotatable bonds is 4. The molecule has 0 amide bonds. The van der Waals surface area contributed by atoms with E-state index in [1.165, 1.54) is 5.56 Å². The van der Waals surface area contributed by atoms with Gasteiger partial charge in [-0.1, -0.05) is 32.0 Å². The van der Waals surface area contributed by atoms with Crippen LogP contribution >= 0.6 is 0 Å². The van der Waals surface area contributed by atoms with Gasteiger partial charge in [0.15, 0.2) is 0 Å². The molecule has 2 aromatic rings. The van der Waals surface area contributed by atoms with Crippen LogP contribution in [-0.4, -0.2) is 23.7 Å². The highest BCUT2D eigenvalue weighted by molar-refractivity contribution is 5.87. The number of nitrogens with zero attached hydrogens (tertiary/aromatic N) is 1. The van der Waals surface area contributed by atoms with Crippen molar-refractivity contribution in [1.29, 1.82) is 0 Å².